The Bertz CT molecular complexity index is 810. The van der Waals surface area contributed by atoms with E-state index >= 15 is 0 Å². The Morgan fingerprint density at radius 2 is 1.81 bits per heavy atom. The highest BCUT2D eigenvalue weighted by atomic mass is 35.5. The number of nitrogens with zero attached hydrogens (tertiary/aromatic N) is 1. The SMILES string of the molecule is CCOc1ccc(CNC(=O)c2ccc(Cl)c([N+](=O)[O-])c2)cc1OCC. The standard InChI is InChI=1S/C18H19ClN2O5/c1-3-25-16-8-5-12(9-17(16)26-4-2)11-20-18(22)13-6-7-14(19)15(10-13)21(23)24/h5-10H,3-4,11H2,1-2H3,(H,20,22). The number of amides is 1. The molecule has 138 valence electrons. The lowest BCUT2D eigenvalue weighted by molar-refractivity contribution is -0.384. The zero-order chi connectivity index (χ0) is 19.1. The van der Waals surface area contributed by atoms with Gasteiger partial charge in [-0.3, -0.25) is 14.9 Å². The Balaban J connectivity index is 2.10. The van der Waals surface area contributed by atoms with Crippen LogP contribution in [0.2, 0.25) is 5.02 Å². The maximum Gasteiger partial charge on any atom is 0.288 e. The van der Waals surface area contributed by atoms with Crippen molar-refractivity contribution in [3.63, 3.8) is 0 Å². The van der Waals surface area contributed by atoms with E-state index in [4.69, 9.17) is 21.1 Å². The van der Waals surface area contributed by atoms with E-state index in [1.807, 2.05) is 19.9 Å². The van der Waals surface area contributed by atoms with Crippen LogP contribution in [0, 0.1) is 10.1 Å². The average molecular weight is 379 g/mol. The summed E-state index contributed by atoms with van der Waals surface area (Å²) in [5, 5.41) is 13.6. The highest BCUT2D eigenvalue weighted by molar-refractivity contribution is 6.32. The van der Waals surface area contributed by atoms with Gasteiger partial charge >= 0.3 is 0 Å². The van der Waals surface area contributed by atoms with Crippen LogP contribution < -0.4 is 14.8 Å². The minimum absolute atomic E-state index is 0.0144. The molecule has 0 unspecified atom stereocenters. The summed E-state index contributed by atoms with van der Waals surface area (Å²) in [6.07, 6.45) is 0. The predicted molar refractivity (Wildman–Crippen MR) is 98.1 cm³/mol. The van der Waals surface area contributed by atoms with Gasteiger partial charge in [-0.2, -0.15) is 0 Å². The number of hydrogen-bond donors (Lipinski definition) is 1. The van der Waals surface area contributed by atoms with E-state index in [-0.39, 0.29) is 22.8 Å². The molecule has 0 aliphatic carbocycles. The molecule has 0 fully saturated rings. The van der Waals surface area contributed by atoms with Crippen molar-refractivity contribution in [2.75, 3.05) is 13.2 Å². The number of ether oxygens (including phenoxy) is 2. The number of nitro benzene ring substituents is 1. The summed E-state index contributed by atoms with van der Waals surface area (Å²) in [5.41, 5.74) is 0.671. The van der Waals surface area contributed by atoms with Crippen LogP contribution in [0.3, 0.4) is 0 Å². The van der Waals surface area contributed by atoms with Crippen molar-refractivity contribution in [1.82, 2.24) is 5.32 Å². The molecular weight excluding hydrogens is 360 g/mol. The van der Waals surface area contributed by atoms with Crippen molar-refractivity contribution in [3.8, 4) is 11.5 Å². The molecule has 0 aliphatic heterocycles. The van der Waals surface area contributed by atoms with Crippen LogP contribution in [0.4, 0.5) is 5.69 Å². The molecule has 0 aromatic heterocycles. The molecule has 1 amide bonds. The molecule has 0 aliphatic rings. The zero-order valence-electron chi connectivity index (χ0n) is 14.5. The second kappa shape index (κ2) is 9.05. The van der Waals surface area contributed by atoms with Crippen LogP contribution in [0.1, 0.15) is 29.8 Å². The van der Waals surface area contributed by atoms with Gasteiger partial charge in [0.1, 0.15) is 5.02 Å². The summed E-state index contributed by atoms with van der Waals surface area (Å²) >= 11 is 5.76. The Kier molecular flexibility index (Phi) is 6.80. The van der Waals surface area contributed by atoms with Gasteiger partial charge < -0.3 is 14.8 Å². The van der Waals surface area contributed by atoms with Gasteiger partial charge in [-0.1, -0.05) is 17.7 Å². The fraction of sp³-hybridized carbons (Fsp3) is 0.278. The van der Waals surface area contributed by atoms with Gasteiger partial charge in [-0.05, 0) is 43.7 Å². The Morgan fingerprint density at radius 1 is 1.12 bits per heavy atom. The largest absolute Gasteiger partial charge is 0.490 e. The van der Waals surface area contributed by atoms with Gasteiger partial charge in [0.15, 0.2) is 11.5 Å². The first-order valence-corrected chi connectivity index (χ1v) is 8.44. The summed E-state index contributed by atoms with van der Waals surface area (Å²) < 4.78 is 11.0. The highest BCUT2D eigenvalue weighted by Crippen LogP contribution is 2.29. The number of halogens is 1. The average Bonchev–Trinajstić information content (AvgIpc) is 2.62. The minimum Gasteiger partial charge on any atom is -0.490 e. The molecule has 1 N–H and O–H groups in total. The number of benzene rings is 2. The first-order valence-electron chi connectivity index (χ1n) is 8.06. The molecular formula is C18H19ClN2O5. The summed E-state index contributed by atoms with van der Waals surface area (Å²) in [4.78, 5) is 22.6. The zero-order valence-corrected chi connectivity index (χ0v) is 15.2. The molecule has 7 nitrogen and oxygen atoms in total. The molecule has 0 saturated heterocycles. The highest BCUT2D eigenvalue weighted by Gasteiger charge is 2.16. The fourth-order valence-corrected chi connectivity index (χ4v) is 2.47. The van der Waals surface area contributed by atoms with E-state index in [2.05, 4.69) is 5.32 Å². The van der Waals surface area contributed by atoms with Crippen LogP contribution in [0.15, 0.2) is 36.4 Å². The number of nitro groups is 1. The monoisotopic (exact) mass is 378 g/mol. The van der Waals surface area contributed by atoms with E-state index < -0.39 is 10.8 Å². The van der Waals surface area contributed by atoms with Crippen molar-refractivity contribution in [1.29, 1.82) is 0 Å². The second-order valence-electron chi connectivity index (χ2n) is 5.25. The summed E-state index contributed by atoms with van der Waals surface area (Å²) in [6, 6.07) is 9.31. The third-order valence-corrected chi connectivity index (χ3v) is 3.79. The van der Waals surface area contributed by atoms with Gasteiger partial charge in [0.05, 0.1) is 18.1 Å². The fourth-order valence-electron chi connectivity index (χ4n) is 2.28. The molecule has 2 aromatic rings. The van der Waals surface area contributed by atoms with E-state index in [1.54, 1.807) is 12.1 Å². The number of nitrogens with one attached hydrogen (secondary N) is 1. The Hall–Kier alpha value is -2.80. The van der Waals surface area contributed by atoms with Gasteiger partial charge in [0.25, 0.3) is 11.6 Å². The normalized spacial score (nSPS) is 10.3. The van der Waals surface area contributed by atoms with Crippen molar-refractivity contribution < 1.29 is 19.2 Å². The van der Waals surface area contributed by atoms with Crippen molar-refractivity contribution in [3.05, 3.63) is 62.7 Å². The molecule has 0 atom stereocenters. The van der Waals surface area contributed by atoms with E-state index in [0.29, 0.717) is 24.7 Å². The first kappa shape index (κ1) is 19.5. The molecule has 0 bridgehead atoms. The van der Waals surface area contributed by atoms with Crippen LogP contribution >= 0.6 is 11.6 Å². The van der Waals surface area contributed by atoms with Gasteiger partial charge in [0, 0.05) is 18.2 Å². The molecule has 0 saturated carbocycles. The van der Waals surface area contributed by atoms with Crippen molar-refractivity contribution in [2.24, 2.45) is 0 Å². The molecule has 0 radical (unpaired) electrons. The summed E-state index contributed by atoms with van der Waals surface area (Å²) in [7, 11) is 0. The smallest absolute Gasteiger partial charge is 0.288 e. The van der Waals surface area contributed by atoms with Gasteiger partial charge in [-0.15, -0.1) is 0 Å². The lowest BCUT2D eigenvalue weighted by Gasteiger charge is -2.13. The third-order valence-electron chi connectivity index (χ3n) is 3.47. The Labute approximate surface area is 156 Å². The van der Waals surface area contributed by atoms with E-state index in [9.17, 15) is 14.9 Å². The van der Waals surface area contributed by atoms with E-state index in [1.165, 1.54) is 12.1 Å². The molecule has 26 heavy (non-hydrogen) atoms. The topological polar surface area (TPSA) is 90.7 Å². The quantitative estimate of drug-likeness (QED) is 0.554. The summed E-state index contributed by atoms with van der Waals surface area (Å²) in [5.74, 6) is 0.803. The van der Waals surface area contributed by atoms with Crippen LogP contribution in [-0.2, 0) is 6.54 Å². The molecule has 0 spiro atoms. The number of rotatable bonds is 8. The first-order chi connectivity index (χ1) is 12.5. The molecule has 2 aromatic carbocycles. The van der Waals surface area contributed by atoms with Crippen LogP contribution in [-0.4, -0.2) is 24.0 Å². The van der Waals surface area contributed by atoms with Crippen LogP contribution in [0.5, 0.6) is 11.5 Å². The van der Waals surface area contributed by atoms with Gasteiger partial charge in [0.2, 0.25) is 0 Å². The maximum atomic E-state index is 12.3. The van der Waals surface area contributed by atoms with Crippen LogP contribution in [0.25, 0.3) is 0 Å². The number of carbonyl (C=O) groups is 1. The van der Waals surface area contributed by atoms with Gasteiger partial charge in [-0.25, -0.2) is 0 Å². The predicted octanol–water partition coefficient (Wildman–Crippen LogP) is 3.98. The minimum atomic E-state index is -0.625. The number of carbonyl (C=O) groups excluding carboxylic acids is 1. The van der Waals surface area contributed by atoms with Crippen molar-refractivity contribution in [2.45, 2.75) is 20.4 Å². The summed E-state index contributed by atoms with van der Waals surface area (Å²) in [6.45, 7) is 5.00. The molecule has 8 heteroatoms. The number of hydrogen-bond acceptors (Lipinski definition) is 5. The lowest BCUT2D eigenvalue weighted by atomic mass is 10.1. The third kappa shape index (κ3) is 4.86. The molecule has 0 heterocycles. The maximum absolute atomic E-state index is 12.3. The lowest BCUT2D eigenvalue weighted by Crippen LogP contribution is -2.22. The van der Waals surface area contributed by atoms with E-state index in [0.717, 1.165) is 11.6 Å². The Morgan fingerprint density at radius 3 is 2.46 bits per heavy atom. The second-order valence-corrected chi connectivity index (χ2v) is 5.66. The molecule has 2 rings (SSSR count). The van der Waals surface area contributed by atoms with Crippen molar-refractivity contribution >= 4 is 23.2 Å².